The summed E-state index contributed by atoms with van der Waals surface area (Å²) in [4.78, 5) is 36.2. The number of esters is 1. The minimum atomic E-state index is -0.309. The van der Waals surface area contributed by atoms with Crippen molar-refractivity contribution in [3.05, 3.63) is 65.7 Å². The molecule has 9 heteroatoms. The van der Waals surface area contributed by atoms with Crippen LogP contribution in [0.5, 0.6) is 0 Å². The molecule has 1 fully saturated rings. The molecule has 0 aliphatic carbocycles. The number of nitrogens with one attached hydrogen (secondary N) is 3. The molecule has 3 N–H and O–H groups in total. The second kappa shape index (κ2) is 15.0. The summed E-state index contributed by atoms with van der Waals surface area (Å²) in [5, 5.41) is 8.54. The molecule has 0 spiro atoms. The van der Waals surface area contributed by atoms with E-state index in [2.05, 4.69) is 16.0 Å². The van der Waals surface area contributed by atoms with Gasteiger partial charge in [-0.3, -0.25) is 14.4 Å². The third-order valence-electron chi connectivity index (χ3n) is 5.67. The van der Waals surface area contributed by atoms with Gasteiger partial charge in [-0.05, 0) is 74.2 Å². The Bertz CT molecular complexity index is 1010. The highest BCUT2D eigenvalue weighted by Crippen LogP contribution is 2.12. The number of hydrogen-bond donors (Lipinski definition) is 3. The summed E-state index contributed by atoms with van der Waals surface area (Å²) in [5.74, 6) is -0.756. The minimum absolute atomic E-state index is 0.0893. The van der Waals surface area contributed by atoms with Crippen LogP contribution in [0.4, 0.5) is 5.69 Å². The lowest BCUT2D eigenvalue weighted by Crippen LogP contribution is -2.34. The molecular weight excluding hydrogens is 478 g/mol. The SMILES string of the molecule is O=C(CCCC(=O)OCCCc1ccccc1)NC(=S)Nc1ccc(C(=O)NCC2CCCO2)cc1. The zero-order chi connectivity index (χ0) is 25.6. The predicted octanol–water partition coefficient (Wildman–Crippen LogP) is 3.75. The van der Waals surface area contributed by atoms with Crippen molar-refractivity contribution in [2.45, 2.75) is 51.0 Å². The van der Waals surface area contributed by atoms with E-state index in [1.165, 1.54) is 5.56 Å². The summed E-state index contributed by atoms with van der Waals surface area (Å²) < 4.78 is 10.7. The van der Waals surface area contributed by atoms with Gasteiger partial charge in [0.1, 0.15) is 0 Å². The molecule has 1 saturated heterocycles. The Labute approximate surface area is 217 Å². The van der Waals surface area contributed by atoms with Crippen LogP contribution in [0.25, 0.3) is 0 Å². The Balaban J connectivity index is 1.26. The van der Waals surface area contributed by atoms with Crippen molar-refractivity contribution >= 4 is 40.8 Å². The van der Waals surface area contributed by atoms with Gasteiger partial charge in [-0.2, -0.15) is 0 Å². The fourth-order valence-corrected chi connectivity index (χ4v) is 3.97. The first-order valence-corrected chi connectivity index (χ1v) is 12.7. The number of carbonyl (C=O) groups excluding carboxylic acids is 3. The first kappa shape index (κ1) is 27.3. The van der Waals surface area contributed by atoms with Crippen LogP contribution in [0.15, 0.2) is 54.6 Å². The molecule has 8 nitrogen and oxygen atoms in total. The summed E-state index contributed by atoms with van der Waals surface area (Å²) in [6, 6.07) is 16.8. The normalized spacial score (nSPS) is 14.6. The maximum atomic E-state index is 12.3. The number of amides is 2. The van der Waals surface area contributed by atoms with Crippen LogP contribution in [0.3, 0.4) is 0 Å². The molecule has 36 heavy (non-hydrogen) atoms. The summed E-state index contributed by atoms with van der Waals surface area (Å²) in [5.41, 5.74) is 2.39. The lowest BCUT2D eigenvalue weighted by molar-refractivity contribution is -0.143. The Morgan fingerprint density at radius 1 is 1.00 bits per heavy atom. The van der Waals surface area contributed by atoms with E-state index in [1.807, 2.05) is 30.3 Å². The van der Waals surface area contributed by atoms with Gasteiger partial charge in [-0.15, -0.1) is 0 Å². The number of carbonyl (C=O) groups is 3. The summed E-state index contributed by atoms with van der Waals surface area (Å²) in [6.07, 6.45) is 4.41. The average Bonchev–Trinajstić information content (AvgIpc) is 3.40. The van der Waals surface area contributed by atoms with E-state index >= 15 is 0 Å². The Kier molecular flexibility index (Phi) is 11.3. The van der Waals surface area contributed by atoms with Gasteiger partial charge in [0, 0.05) is 37.2 Å². The predicted molar refractivity (Wildman–Crippen MR) is 142 cm³/mol. The number of benzene rings is 2. The maximum absolute atomic E-state index is 12.3. The fraction of sp³-hybridized carbons (Fsp3) is 0.407. The lowest BCUT2D eigenvalue weighted by atomic mass is 10.1. The molecule has 1 unspecified atom stereocenters. The second-order valence-electron chi connectivity index (χ2n) is 8.59. The smallest absolute Gasteiger partial charge is 0.305 e. The molecule has 1 aliphatic rings. The highest BCUT2D eigenvalue weighted by atomic mass is 32.1. The fourth-order valence-electron chi connectivity index (χ4n) is 3.74. The largest absolute Gasteiger partial charge is 0.466 e. The highest BCUT2D eigenvalue weighted by Gasteiger charge is 2.16. The number of anilines is 1. The Morgan fingerprint density at radius 3 is 2.50 bits per heavy atom. The molecule has 3 rings (SSSR count). The van der Waals surface area contributed by atoms with Gasteiger partial charge < -0.3 is 25.4 Å². The first-order valence-electron chi connectivity index (χ1n) is 12.3. The van der Waals surface area contributed by atoms with Crippen LogP contribution >= 0.6 is 12.2 Å². The van der Waals surface area contributed by atoms with Gasteiger partial charge in [0.15, 0.2) is 5.11 Å². The first-order chi connectivity index (χ1) is 17.5. The number of aryl methyl sites for hydroxylation is 1. The number of ether oxygens (including phenoxy) is 2. The highest BCUT2D eigenvalue weighted by molar-refractivity contribution is 7.80. The van der Waals surface area contributed by atoms with Crippen molar-refractivity contribution in [2.24, 2.45) is 0 Å². The number of rotatable bonds is 12. The Morgan fingerprint density at radius 2 is 1.78 bits per heavy atom. The molecular formula is C27H33N3O5S. The molecule has 2 aromatic carbocycles. The van der Waals surface area contributed by atoms with E-state index in [4.69, 9.17) is 21.7 Å². The van der Waals surface area contributed by atoms with Crippen molar-refractivity contribution in [1.29, 1.82) is 0 Å². The molecule has 0 radical (unpaired) electrons. The van der Waals surface area contributed by atoms with Crippen molar-refractivity contribution in [2.75, 3.05) is 25.1 Å². The van der Waals surface area contributed by atoms with Crippen molar-refractivity contribution in [3.63, 3.8) is 0 Å². The van der Waals surface area contributed by atoms with E-state index in [9.17, 15) is 14.4 Å². The van der Waals surface area contributed by atoms with Crippen molar-refractivity contribution in [3.8, 4) is 0 Å². The van der Waals surface area contributed by atoms with Gasteiger partial charge in [0.25, 0.3) is 5.91 Å². The van der Waals surface area contributed by atoms with Gasteiger partial charge in [0.2, 0.25) is 5.91 Å². The lowest BCUT2D eigenvalue weighted by Gasteiger charge is -2.12. The van der Waals surface area contributed by atoms with Gasteiger partial charge in [-0.1, -0.05) is 30.3 Å². The maximum Gasteiger partial charge on any atom is 0.305 e. The average molecular weight is 512 g/mol. The molecule has 0 aromatic heterocycles. The third-order valence-corrected chi connectivity index (χ3v) is 5.88. The summed E-state index contributed by atoms with van der Waals surface area (Å²) in [6.45, 7) is 1.61. The van der Waals surface area contributed by atoms with E-state index in [0.29, 0.717) is 30.8 Å². The van der Waals surface area contributed by atoms with Crippen LogP contribution in [0.1, 0.15) is 54.4 Å². The van der Waals surface area contributed by atoms with Crippen LogP contribution < -0.4 is 16.0 Å². The molecule has 2 amide bonds. The zero-order valence-corrected chi connectivity index (χ0v) is 21.1. The standard InChI is InChI=1S/C27H33N3O5S/c31-24(11-4-12-25(32)35-18-5-9-20-7-2-1-3-8-20)30-27(36)29-22-15-13-21(14-16-22)26(33)28-19-23-10-6-17-34-23/h1-3,7-8,13-16,23H,4-6,9-12,17-19H2,(H,28,33)(H2,29,30,31,36). The van der Waals surface area contributed by atoms with Crippen molar-refractivity contribution in [1.82, 2.24) is 10.6 Å². The molecule has 1 atom stereocenters. The zero-order valence-electron chi connectivity index (χ0n) is 20.3. The molecule has 2 aromatic rings. The van der Waals surface area contributed by atoms with E-state index in [-0.39, 0.29) is 41.8 Å². The molecule has 1 aliphatic heterocycles. The third kappa shape index (κ3) is 10.1. The topological polar surface area (TPSA) is 106 Å². The van der Waals surface area contributed by atoms with E-state index in [1.54, 1.807) is 24.3 Å². The number of thiocarbonyl (C=S) groups is 1. The van der Waals surface area contributed by atoms with Gasteiger partial charge in [-0.25, -0.2) is 0 Å². The quantitative estimate of drug-likeness (QED) is 0.226. The van der Waals surface area contributed by atoms with Crippen LogP contribution in [-0.2, 0) is 25.5 Å². The minimum Gasteiger partial charge on any atom is -0.466 e. The molecule has 192 valence electrons. The van der Waals surface area contributed by atoms with E-state index in [0.717, 1.165) is 32.3 Å². The Hall–Kier alpha value is -3.30. The summed E-state index contributed by atoms with van der Waals surface area (Å²) >= 11 is 5.18. The van der Waals surface area contributed by atoms with Crippen LogP contribution in [0.2, 0.25) is 0 Å². The molecule has 0 bridgehead atoms. The van der Waals surface area contributed by atoms with Crippen molar-refractivity contribution < 1.29 is 23.9 Å². The monoisotopic (exact) mass is 511 g/mol. The molecule has 0 saturated carbocycles. The summed E-state index contributed by atoms with van der Waals surface area (Å²) in [7, 11) is 0. The second-order valence-corrected chi connectivity index (χ2v) is 9.00. The number of hydrogen-bond acceptors (Lipinski definition) is 6. The van der Waals surface area contributed by atoms with E-state index < -0.39 is 0 Å². The molecule has 1 heterocycles. The van der Waals surface area contributed by atoms with Crippen LogP contribution in [0, 0.1) is 0 Å². The van der Waals surface area contributed by atoms with Gasteiger partial charge >= 0.3 is 5.97 Å². The van der Waals surface area contributed by atoms with Gasteiger partial charge in [0.05, 0.1) is 12.7 Å². The van der Waals surface area contributed by atoms with Crippen LogP contribution in [-0.4, -0.2) is 48.8 Å².